The molecule has 0 saturated carbocycles. The zero-order valence-corrected chi connectivity index (χ0v) is 14.3. The van der Waals surface area contributed by atoms with Crippen LogP contribution in [0.4, 0.5) is 5.69 Å². The molecular weight excluding hydrogens is 393 g/mol. The summed E-state index contributed by atoms with van der Waals surface area (Å²) in [5, 5.41) is 0.873. The van der Waals surface area contributed by atoms with Crippen LogP contribution in [-0.2, 0) is 10.0 Å². The van der Waals surface area contributed by atoms with E-state index < -0.39 is 10.0 Å². The number of nitrogens with one attached hydrogen (secondary N) is 1. The topological polar surface area (TPSA) is 46.2 Å². The fraction of sp³-hybridized carbons (Fsp3) is 0.0909. The number of anilines is 1. The molecular formula is C11H8BrCl2NO2S2. The molecule has 0 aliphatic carbocycles. The van der Waals surface area contributed by atoms with Gasteiger partial charge in [0.1, 0.15) is 4.21 Å². The van der Waals surface area contributed by atoms with Crippen LogP contribution in [0.25, 0.3) is 0 Å². The molecule has 0 bridgehead atoms. The molecule has 1 heterocycles. The van der Waals surface area contributed by atoms with Gasteiger partial charge in [-0.15, -0.1) is 11.3 Å². The second kappa shape index (κ2) is 5.61. The van der Waals surface area contributed by atoms with Crippen molar-refractivity contribution >= 4 is 66.2 Å². The molecule has 0 aliphatic rings. The molecule has 0 aliphatic heterocycles. The van der Waals surface area contributed by atoms with E-state index >= 15 is 0 Å². The number of hydrogen-bond donors (Lipinski definition) is 1. The summed E-state index contributed by atoms with van der Waals surface area (Å²) in [7, 11) is -3.65. The van der Waals surface area contributed by atoms with Crippen LogP contribution >= 0.6 is 50.5 Å². The van der Waals surface area contributed by atoms with Crippen molar-refractivity contribution in [2.24, 2.45) is 0 Å². The monoisotopic (exact) mass is 399 g/mol. The number of halogens is 3. The van der Waals surface area contributed by atoms with Gasteiger partial charge in [-0.05, 0) is 46.6 Å². The standard InChI is InChI=1S/C11H8BrCl2NO2S2/c1-6-2-3-7(4-8(6)13)15-19(16,17)10-5-9(14)11(12)18-10/h2-5,15H,1H3. The third-order valence-electron chi connectivity index (χ3n) is 2.31. The molecule has 19 heavy (non-hydrogen) atoms. The van der Waals surface area contributed by atoms with Crippen LogP contribution in [0.1, 0.15) is 5.56 Å². The molecule has 0 spiro atoms. The van der Waals surface area contributed by atoms with E-state index in [2.05, 4.69) is 20.7 Å². The number of thiophene rings is 1. The number of benzene rings is 1. The fourth-order valence-electron chi connectivity index (χ4n) is 1.32. The first-order valence-corrected chi connectivity index (χ1v) is 8.88. The Morgan fingerprint density at radius 3 is 2.42 bits per heavy atom. The van der Waals surface area contributed by atoms with Gasteiger partial charge >= 0.3 is 0 Å². The summed E-state index contributed by atoms with van der Waals surface area (Å²) in [5.74, 6) is 0. The first-order valence-electron chi connectivity index (χ1n) is 5.03. The molecule has 2 aromatic rings. The largest absolute Gasteiger partial charge is 0.279 e. The molecule has 0 saturated heterocycles. The number of rotatable bonds is 3. The summed E-state index contributed by atoms with van der Waals surface area (Å²) in [5.41, 5.74) is 1.29. The predicted octanol–water partition coefficient (Wildman–Crippen LogP) is 4.93. The molecule has 0 amide bonds. The maximum Gasteiger partial charge on any atom is 0.271 e. The minimum atomic E-state index is -3.65. The average molecular weight is 401 g/mol. The lowest BCUT2D eigenvalue weighted by molar-refractivity contribution is 0.603. The lowest BCUT2D eigenvalue weighted by atomic mass is 10.2. The molecule has 0 unspecified atom stereocenters. The van der Waals surface area contributed by atoms with Gasteiger partial charge in [0, 0.05) is 5.02 Å². The van der Waals surface area contributed by atoms with Gasteiger partial charge in [-0.2, -0.15) is 0 Å². The summed E-state index contributed by atoms with van der Waals surface area (Å²) >= 11 is 16.0. The van der Waals surface area contributed by atoms with Gasteiger partial charge < -0.3 is 0 Å². The Morgan fingerprint density at radius 2 is 1.89 bits per heavy atom. The van der Waals surface area contributed by atoms with Gasteiger partial charge in [-0.25, -0.2) is 8.42 Å². The Morgan fingerprint density at radius 1 is 1.21 bits per heavy atom. The smallest absolute Gasteiger partial charge is 0.271 e. The lowest BCUT2D eigenvalue weighted by Crippen LogP contribution is -2.11. The Bertz CT molecular complexity index is 709. The van der Waals surface area contributed by atoms with Crippen LogP contribution < -0.4 is 4.72 Å². The molecule has 2 rings (SSSR count). The maximum atomic E-state index is 12.1. The quantitative estimate of drug-likeness (QED) is 0.793. The highest BCUT2D eigenvalue weighted by Gasteiger charge is 2.19. The van der Waals surface area contributed by atoms with E-state index in [1.807, 2.05) is 6.92 Å². The second-order valence-electron chi connectivity index (χ2n) is 3.76. The molecule has 1 aromatic carbocycles. The fourth-order valence-corrected chi connectivity index (χ4v) is 4.95. The molecule has 3 nitrogen and oxygen atoms in total. The van der Waals surface area contributed by atoms with Crippen molar-refractivity contribution in [1.82, 2.24) is 0 Å². The van der Waals surface area contributed by atoms with Crippen LogP contribution in [0.15, 0.2) is 32.3 Å². The number of aryl methyl sites for hydroxylation is 1. The Balaban J connectivity index is 2.33. The summed E-state index contributed by atoms with van der Waals surface area (Å²) in [6, 6.07) is 6.37. The molecule has 102 valence electrons. The van der Waals surface area contributed by atoms with E-state index in [-0.39, 0.29) is 4.21 Å². The number of sulfonamides is 1. The molecule has 0 radical (unpaired) electrons. The molecule has 1 aromatic heterocycles. The number of hydrogen-bond acceptors (Lipinski definition) is 3. The Hall–Kier alpha value is -0.270. The third kappa shape index (κ3) is 3.44. The van der Waals surface area contributed by atoms with Crippen LogP contribution in [0, 0.1) is 6.92 Å². The van der Waals surface area contributed by atoms with E-state index in [0.717, 1.165) is 16.9 Å². The van der Waals surface area contributed by atoms with Gasteiger partial charge in [-0.3, -0.25) is 4.72 Å². The van der Waals surface area contributed by atoms with Gasteiger partial charge in [0.05, 0.1) is 14.5 Å². The first-order chi connectivity index (χ1) is 8.79. The molecule has 8 heteroatoms. The highest BCUT2D eigenvalue weighted by molar-refractivity contribution is 9.11. The van der Waals surface area contributed by atoms with Crippen molar-refractivity contribution in [2.75, 3.05) is 4.72 Å². The van der Waals surface area contributed by atoms with Gasteiger partial charge in [0.15, 0.2) is 0 Å². The summed E-state index contributed by atoms with van der Waals surface area (Å²) in [6.45, 7) is 1.84. The first kappa shape index (κ1) is 15.1. The van der Waals surface area contributed by atoms with E-state index in [0.29, 0.717) is 19.5 Å². The zero-order chi connectivity index (χ0) is 14.2. The van der Waals surface area contributed by atoms with E-state index in [4.69, 9.17) is 23.2 Å². The zero-order valence-electron chi connectivity index (χ0n) is 9.58. The van der Waals surface area contributed by atoms with Crippen LogP contribution in [0.5, 0.6) is 0 Å². The molecule has 0 fully saturated rings. The Kier molecular flexibility index (Phi) is 4.47. The van der Waals surface area contributed by atoms with Crippen molar-refractivity contribution in [3.05, 3.63) is 43.7 Å². The van der Waals surface area contributed by atoms with Crippen LogP contribution in [0.2, 0.25) is 10.0 Å². The van der Waals surface area contributed by atoms with Crippen molar-refractivity contribution in [1.29, 1.82) is 0 Å². The summed E-state index contributed by atoms with van der Waals surface area (Å²) in [6.07, 6.45) is 0. The SMILES string of the molecule is Cc1ccc(NS(=O)(=O)c2cc(Cl)c(Br)s2)cc1Cl. The van der Waals surface area contributed by atoms with Crippen molar-refractivity contribution in [2.45, 2.75) is 11.1 Å². The van der Waals surface area contributed by atoms with E-state index in [1.54, 1.807) is 18.2 Å². The molecule has 1 N–H and O–H groups in total. The van der Waals surface area contributed by atoms with Gasteiger partial charge in [-0.1, -0.05) is 29.3 Å². The predicted molar refractivity (Wildman–Crippen MR) is 84.0 cm³/mol. The molecule has 0 atom stereocenters. The van der Waals surface area contributed by atoms with E-state index in [9.17, 15) is 8.42 Å². The second-order valence-corrected chi connectivity index (χ2v) is 8.85. The summed E-state index contributed by atoms with van der Waals surface area (Å²) < 4.78 is 27.5. The van der Waals surface area contributed by atoms with E-state index in [1.165, 1.54) is 6.07 Å². The van der Waals surface area contributed by atoms with Gasteiger partial charge in [0.2, 0.25) is 0 Å². The normalized spacial score (nSPS) is 11.6. The van der Waals surface area contributed by atoms with Crippen molar-refractivity contribution < 1.29 is 8.42 Å². The van der Waals surface area contributed by atoms with Crippen molar-refractivity contribution in [3.8, 4) is 0 Å². The highest BCUT2D eigenvalue weighted by Crippen LogP contribution is 2.35. The maximum absolute atomic E-state index is 12.1. The minimum Gasteiger partial charge on any atom is -0.279 e. The van der Waals surface area contributed by atoms with Crippen LogP contribution in [-0.4, -0.2) is 8.42 Å². The average Bonchev–Trinajstić information content (AvgIpc) is 2.65. The van der Waals surface area contributed by atoms with Gasteiger partial charge in [0.25, 0.3) is 10.0 Å². The Labute approximate surface area is 133 Å². The third-order valence-corrected chi connectivity index (χ3v) is 7.05. The van der Waals surface area contributed by atoms with Crippen molar-refractivity contribution in [3.63, 3.8) is 0 Å². The highest BCUT2D eigenvalue weighted by atomic mass is 79.9. The summed E-state index contributed by atoms with van der Waals surface area (Å²) in [4.78, 5) is 0. The lowest BCUT2D eigenvalue weighted by Gasteiger charge is -2.07. The minimum absolute atomic E-state index is 0.140. The van der Waals surface area contributed by atoms with Crippen LogP contribution in [0.3, 0.4) is 0 Å².